The number of aliphatic carboxylic acids is 1. The van der Waals surface area contributed by atoms with Crippen molar-refractivity contribution in [2.24, 2.45) is 0 Å². The lowest BCUT2D eigenvalue weighted by Gasteiger charge is -2.30. The number of carbonyl (C=O) groups is 3. The number of hydrogen-bond acceptors (Lipinski definition) is 6. The number of piperazine rings is 1. The Morgan fingerprint density at radius 3 is 2.30 bits per heavy atom. The highest BCUT2D eigenvalue weighted by Gasteiger charge is 2.38. The van der Waals surface area contributed by atoms with Gasteiger partial charge in [-0.1, -0.05) is 12.1 Å². The van der Waals surface area contributed by atoms with E-state index in [-0.39, 0.29) is 24.9 Å². The first-order chi connectivity index (χ1) is 17.5. The number of hydrogen-bond donors (Lipinski definition) is 2. The van der Waals surface area contributed by atoms with Crippen LogP contribution in [0.25, 0.3) is 0 Å². The van der Waals surface area contributed by atoms with Gasteiger partial charge in [0.2, 0.25) is 5.91 Å². The fourth-order valence-corrected chi connectivity index (χ4v) is 3.37. The zero-order valence-electron chi connectivity index (χ0n) is 20.1. The second-order valence-electron chi connectivity index (χ2n) is 7.86. The number of carboxylic acid groups (broad SMARTS) is 1. The zero-order valence-corrected chi connectivity index (χ0v) is 20.1. The molecule has 1 heterocycles. The minimum Gasteiger partial charge on any atom is -0.494 e. The summed E-state index contributed by atoms with van der Waals surface area (Å²) < 4.78 is 37.3. The number of nitrogens with one attached hydrogen (secondary N) is 1. The molecular formula is C25H27F3N4O5. The molecule has 2 N–H and O–H groups in total. The van der Waals surface area contributed by atoms with Gasteiger partial charge in [-0.15, -0.1) is 0 Å². The van der Waals surface area contributed by atoms with Gasteiger partial charge in [0, 0.05) is 38.3 Å². The lowest BCUT2D eigenvalue weighted by molar-refractivity contribution is -0.192. The molecule has 0 aromatic heterocycles. The molecule has 0 atom stereocenters. The number of halogens is 3. The van der Waals surface area contributed by atoms with Gasteiger partial charge in [-0.3, -0.25) is 9.59 Å². The van der Waals surface area contributed by atoms with Crippen LogP contribution in [0.2, 0.25) is 0 Å². The van der Waals surface area contributed by atoms with Crippen LogP contribution in [-0.2, 0) is 16.1 Å². The van der Waals surface area contributed by atoms with Gasteiger partial charge < -0.3 is 25.0 Å². The highest BCUT2D eigenvalue weighted by atomic mass is 19.4. The molecule has 0 aliphatic carbocycles. The Labute approximate surface area is 212 Å². The van der Waals surface area contributed by atoms with Crippen LogP contribution < -0.4 is 10.1 Å². The van der Waals surface area contributed by atoms with Crippen molar-refractivity contribution in [1.29, 1.82) is 5.26 Å². The average Bonchev–Trinajstić information content (AvgIpc) is 2.88. The van der Waals surface area contributed by atoms with Crippen LogP contribution in [0.5, 0.6) is 5.75 Å². The molecule has 0 radical (unpaired) electrons. The molecule has 0 saturated carbocycles. The van der Waals surface area contributed by atoms with Crippen molar-refractivity contribution in [3.05, 3.63) is 65.2 Å². The maximum atomic E-state index is 13.2. The van der Waals surface area contributed by atoms with E-state index in [0.717, 1.165) is 24.4 Å². The number of alkyl halides is 3. The summed E-state index contributed by atoms with van der Waals surface area (Å²) in [6, 6.07) is 16.1. The normalized spacial score (nSPS) is 13.0. The molecule has 0 unspecified atom stereocenters. The van der Waals surface area contributed by atoms with E-state index in [1.165, 1.54) is 0 Å². The lowest BCUT2D eigenvalue weighted by atomic mass is 10.1. The summed E-state index contributed by atoms with van der Waals surface area (Å²) in [7, 11) is 0. The van der Waals surface area contributed by atoms with E-state index in [0.29, 0.717) is 30.8 Å². The van der Waals surface area contributed by atoms with Crippen molar-refractivity contribution >= 4 is 17.8 Å². The minimum atomic E-state index is -5.08. The Hall–Kier alpha value is -4.11. The summed E-state index contributed by atoms with van der Waals surface area (Å²) in [6.45, 7) is 5.54. The van der Waals surface area contributed by atoms with Gasteiger partial charge in [-0.25, -0.2) is 4.79 Å². The van der Waals surface area contributed by atoms with E-state index in [4.69, 9.17) is 19.9 Å². The Morgan fingerprint density at radius 1 is 1.14 bits per heavy atom. The summed E-state index contributed by atoms with van der Waals surface area (Å²) in [6.07, 6.45) is -5.08. The van der Waals surface area contributed by atoms with Crippen molar-refractivity contribution in [3.8, 4) is 11.8 Å². The van der Waals surface area contributed by atoms with Crippen LogP contribution >= 0.6 is 0 Å². The Kier molecular flexibility index (Phi) is 10.9. The molecule has 1 fully saturated rings. The van der Waals surface area contributed by atoms with Gasteiger partial charge in [0.25, 0.3) is 5.91 Å². The van der Waals surface area contributed by atoms with Crippen molar-refractivity contribution in [3.63, 3.8) is 0 Å². The Balaban J connectivity index is 0.000000604. The highest BCUT2D eigenvalue weighted by molar-refractivity contribution is 5.96. The molecule has 2 amide bonds. The largest absolute Gasteiger partial charge is 0.494 e. The number of rotatable bonds is 7. The van der Waals surface area contributed by atoms with Crippen LogP contribution in [0.3, 0.4) is 0 Å². The van der Waals surface area contributed by atoms with Gasteiger partial charge in [0.1, 0.15) is 12.3 Å². The number of carboxylic acids is 1. The molecule has 37 heavy (non-hydrogen) atoms. The number of ether oxygens (including phenoxy) is 1. The highest BCUT2D eigenvalue weighted by Crippen LogP contribution is 2.17. The van der Waals surface area contributed by atoms with Crippen molar-refractivity contribution in [2.75, 3.05) is 39.3 Å². The van der Waals surface area contributed by atoms with Gasteiger partial charge in [-0.05, 0) is 48.9 Å². The summed E-state index contributed by atoms with van der Waals surface area (Å²) in [4.78, 5) is 38.3. The molecule has 2 aromatic rings. The van der Waals surface area contributed by atoms with E-state index >= 15 is 0 Å². The van der Waals surface area contributed by atoms with Crippen molar-refractivity contribution in [1.82, 2.24) is 15.1 Å². The third-order valence-corrected chi connectivity index (χ3v) is 5.17. The van der Waals surface area contributed by atoms with Crippen molar-refractivity contribution in [2.45, 2.75) is 19.6 Å². The van der Waals surface area contributed by atoms with Crippen LogP contribution in [0.4, 0.5) is 13.2 Å². The molecule has 1 aliphatic rings. The van der Waals surface area contributed by atoms with E-state index in [1.54, 1.807) is 34.1 Å². The summed E-state index contributed by atoms with van der Waals surface area (Å²) in [5, 5.41) is 19.3. The third kappa shape index (κ3) is 9.46. The quantitative estimate of drug-likeness (QED) is 0.576. The monoisotopic (exact) mass is 520 g/mol. The topological polar surface area (TPSA) is 123 Å². The maximum Gasteiger partial charge on any atom is 0.490 e. The molecule has 3 rings (SSSR count). The number of benzene rings is 2. The van der Waals surface area contributed by atoms with Crippen LogP contribution in [0, 0.1) is 11.3 Å². The zero-order chi connectivity index (χ0) is 27.4. The number of amides is 2. The minimum absolute atomic E-state index is 0.00228. The first kappa shape index (κ1) is 29.1. The standard InChI is InChI=1S/C23H26N4O3.C2HF3O2/c1-2-30-21-5-3-4-19(14-21)16-27(17-22(28)26-12-10-25-11-13-26)23(29)20-8-6-18(15-24)7-9-20;3-2(4,5)1(6)7/h3-9,14,25H,2,10-13,16-17H2,1H3;(H,6,7). The van der Waals surface area contributed by atoms with Crippen LogP contribution in [0.15, 0.2) is 48.5 Å². The molecule has 1 aliphatic heterocycles. The smallest absolute Gasteiger partial charge is 0.490 e. The van der Waals surface area contributed by atoms with E-state index in [2.05, 4.69) is 11.4 Å². The molecule has 12 heteroatoms. The summed E-state index contributed by atoms with van der Waals surface area (Å²) >= 11 is 0. The van der Waals surface area contributed by atoms with E-state index in [1.807, 2.05) is 31.2 Å². The molecule has 198 valence electrons. The molecule has 0 bridgehead atoms. The number of nitrogens with zero attached hydrogens (tertiary/aromatic N) is 3. The molecule has 2 aromatic carbocycles. The fourth-order valence-electron chi connectivity index (χ4n) is 3.37. The van der Waals surface area contributed by atoms with E-state index < -0.39 is 12.1 Å². The molecule has 1 saturated heterocycles. The summed E-state index contributed by atoms with van der Waals surface area (Å²) in [5.41, 5.74) is 1.82. The maximum absolute atomic E-state index is 13.2. The van der Waals surface area contributed by atoms with Crippen LogP contribution in [-0.4, -0.2) is 78.2 Å². The Bertz CT molecular complexity index is 1110. The van der Waals surface area contributed by atoms with Gasteiger partial charge >= 0.3 is 12.1 Å². The van der Waals surface area contributed by atoms with Gasteiger partial charge in [0.15, 0.2) is 0 Å². The lowest BCUT2D eigenvalue weighted by Crippen LogP contribution is -2.50. The second-order valence-corrected chi connectivity index (χ2v) is 7.86. The van der Waals surface area contributed by atoms with Gasteiger partial charge in [-0.2, -0.15) is 18.4 Å². The SMILES string of the molecule is CCOc1cccc(CN(CC(=O)N2CCNCC2)C(=O)c2ccc(C#N)cc2)c1.O=C(O)C(F)(F)F. The second kappa shape index (κ2) is 13.8. The van der Waals surface area contributed by atoms with Crippen molar-refractivity contribution < 1.29 is 37.4 Å². The first-order valence-corrected chi connectivity index (χ1v) is 11.3. The number of carbonyl (C=O) groups excluding carboxylic acids is 2. The predicted molar refractivity (Wildman–Crippen MR) is 127 cm³/mol. The molecule has 0 spiro atoms. The first-order valence-electron chi connectivity index (χ1n) is 11.3. The predicted octanol–water partition coefficient (Wildman–Crippen LogP) is 2.66. The fraction of sp³-hybridized carbons (Fsp3) is 0.360. The molecule has 9 nitrogen and oxygen atoms in total. The average molecular weight is 521 g/mol. The number of nitriles is 1. The van der Waals surface area contributed by atoms with E-state index in [9.17, 15) is 22.8 Å². The van der Waals surface area contributed by atoms with Crippen LogP contribution in [0.1, 0.15) is 28.4 Å². The van der Waals surface area contributed by atoms with Gasteiger partial charge in [0.05, 0.1) is 18.2 Å². The Morgan fingerprint density at radius 2 is 1.76 bits per heavy atom. The summed E-state index contributed by atoms with van der Waals surface area (Å²) in [5.74, 6) is -2.34. The molecular weight excluding hydrogens is 493 g/mol. The third-order valence-electron chi connectivity index (χ3n) is 5.17.